The normalized spacial score (nSPS) is 41.7. The van der Waals surface area contributed by atoms with Crippen LogP contribution in [-0.2, 0) is 4.79 Å². The van der Waals surface area contributed by atoms with Gasteiger partial charge >= 0.3 is 0 Å². The fourth-order valence-corrected chi connectivity index (χ4v) is 5.81. The maximum absolute atomic E-state index is 11.9. The van der Waals surface area contributed by atoms with E-state index in [-0.39, 0.29) is 5.41 Å². The number of hydrogen-bond donors (Lipinski definition) is 1. The summed E-state index contributed by atoms with van der Waals surface area (Å²) in [5, 5.41) is 8.06. The molecular weight excluding hydrogens is 282 g/mol. The lowest BCUT2D eigenvalue weighted by atomic mass is 9.53. The van der Waals surface area contributed by atoms with Gasteiger partial charge in [0.15, 0.2) is 5.78 Å². The third kappa shape index (κ3) is 3.19. The second-order valence-corrected chi connectivity index (χ2v) is 8.73. The fourth-order valence-electron chi connectivity index (χ4n) is 5.81. The Balaban J connectivity index is 1.86. The van der Waals surface area contributed by atoms with Crippen molar-refractivity contribution in [1.29, 1.82) is 5.41 Å². The summed E-state index contributed by atoms with van der Waals surface area (Å²) in [4.78, 5) is 11.9. The van der Waals surface area contributed by atoms with Crippen molar-refractivity contribution in [1.82, 2.24) is 0 Å². The van der Waals surface area contributed by atoms with Crippen LogP contribution in [0.25, 0.3) is 0 Å². The Kier molecular flexibility index (Phi) is 4.80. The average Bonchev–Trinajstić information content (AvgIpc) is 2.58. The molecule has 3 rings (SSSR count). The molecule has 0 aliphatic heterocycles. The van der Waals surface area contributed by atoms with Gasteiger partial charge < -0.3 is 5.41 Å². The van der Waals surface area contributed by atoms with Gasteiger partial charge in [0.2, 0.25) is 0 Å². The van der Waals surface area contributed by atoms with Crippen LogP contribution >= 0.6 is 0 Å². The number of carbonyl (C=O) groups is 1. The topological polar surface area (TPSA) is 40.9 Å². The van der Waals surface area contributed by atoms with Crippen LogP contribution in [0.4, 0.5) is 0 Å². The molecule has 0 heterocycles. The second kappa shape index (κ2) is 6.53. The maximum atomic E-state index is 11.9. The average molecular weight is 316 g/mol. The van der Waals surface area contributed by atoms with Crippen LogP contribution < -0.4 is 0 Å². The number of hydrogen-bond acceptors (Lipinski definition) is 2. The number of carbonyl (C=O) groups excluding carboxylic acids is 1. The summed E-state index contributed by atoms with van der Waals surface area (Å²) in [7, 11) is 0. The zero-order valence-corrected chi connectivity index (χ0v) is 15.2. The highest BCUT2D eigenvalue weighted by Crippen LogP contribution is 2.56. The van der Waals surface area contributed by atoms with Crippen molar-refractivity contribution in [3.63, 3.8) is 0 Å². The van der Waals surface area contributed by atoms with E-state index >= 15 is 0 Å². The van der Waals surface area contributed by atoms with Crippen molar-refractivity contribution in [2.24, 2.45) is 29.1 Å². The Morgan fingerprint density at radius 1 is 1.17 bits per heavy atom. The molecular formula is C21H33NO. The molecule has 2 fully saturated rings. The molecule has 0 spiro atoms. The number of allylic oxidation sites excluding steroid dienone is 2. The summed E-state index contributed by atoms with van der Waals surface area (Å²) in [6.45, 7) is 6.90. The number of fused-ring (bicyclic) bond motifs is 3. The van der Waals surface area contributed by atoms with Crippen LogP contribution in [-0.4, -0.2) is 11.5 Å². The van der Waals surface area contributed by atoms with Gasteiger partial charge in [0, 0.05) is 12.1 Å². The molecule has 128 valence electrons. The van der Waals surface area contributed by atoms with Crippen molar-refractivity contribution < 1.29 is 4.79 Å². The molecule has 0 bridgehead atoms. The molecule has 23 heavy (non-hydrogen) atoms. The molecule has 0 aromatic heterocycles. The molecule has 0 aromatic rings. The first-order chi connectivity index (χ1) is 10.9. The van der Waals surface area contributed by atoms with Crippen LogP contribution in [0.1, 0.15) is 78.6 Å². The van der Waals surface area contributed by atoms with Crippen LogP contribution in [0.3, 0.4) is 0 Å². The summed E-state index contributed by atoms with van der Waals surface area (Å²) < 4.78 is 0. The first-order valence-electron chi connectivity index (χ1n) is 9.70. The van der Waals surface area contributed by atoms with Gasteiger partial charge in [-0.1, -0.05) is 25.8 Å². The van der Waals surface area contributed by atoms with Crippen LogP contribution in [0.5, 0.6) is 0 Å². The van der Waals surface area contributed by atoms with Gasteiger partial charge in [-0.15, -0.1) is 0 Å². The molecule has 2 saturated carbocycles. The van der Waals surface area contributed by atoms with Crippen molar-refractivity contribution in [2.45, 2.75) is 78.6 Å². The first-order valence-corrected chi connectivity index (χ1v) is 9.70. The van der Waals surface area contributed by atoms with E-state index < -0.39 is 0 Å². The van der Waals surface area contributed by atoms with E-state index in [2.05, 4.69) is 13.8 Å². The third-order valence-electron chi connectivity index (χ3n) is 7.42. The molecule has 0 amide bonds. The lowest BCUT2D eigenvalue weighted by Gasteiger charge is -2.51. The Morgan fingerprint density at radius 2 is 1.96 bits per heavy atom. The summed E-state index contributed by atoms with van der Waals surface area (Å²) in [5.74, 6) is 3.18. The van der Waals surface area contributed by atoms with Gasteiger partial charge in [-0.25, -0.2) is 0 Å². The molecule has 2 nitrogen and oxygen atoms in total. The van der Waals surface area contributed by atoms with E-state index in [1.165, 1.54) is 44.1 Å². The Labute approximate surface area is 141 Å². The molecule has 5 atom stereocenters. The van der Waals surface area contributed by atoms with Crippen molar-refractivity contribution >= 4 is 11.5 Å². The molecule has 0 saturated heterocycles. The second-order valence-electron chi connectivity index (χ2n) is 8.73. The highest BCUT2D eigenvalue weighted by molar-refractivity contribution is 5.91. The minimum absolute atomic E-state index is 0.268. The van der Waals surface area contributed by atoms with Crippen molar-refractivity contribution in [2.75, 3.05) is 0 Å². The van der Waals surface area contributed by atoms with Crippen LogP contribution in [0.15, 0.2) is 11.6 Å². The number of nitrogens with one attached hydrogen (secondary N) is 1. The lowest BCUT2D eigenvalue weighted by Crippen LogP contribution is -2.43. The summed E-state index contributed by atoms with van der Waals surface area (Å²) in [6, 6.07) is 0. The van der Waals surface area contributed by atoms with Gasteiger partial charge in [-0.2, -0.15) is 0 Å². The Bertz CT molecular complexity index is 520. The molecule has 2 unspecified atom stereocenters. The highest BCUT2D eigenvalue weighted by atomic mass is 16.1. The minimum Gasteiger partial charge on any atom is -0.310 e. The minimum atomic E-state index is 0.268. The van der Waals surface area contributed by atoms with E-state index in [4.69, 9.17) is 5.41 Å². The van der Waals surface area contributed by atoms with E-state index in [0.29, 0.717) is 11.7 Å². The predicted octanol–water partition coefficient (Wildman–Crippen LogP) is 5.56. The third-order valence-corrected chi connectivity index (χ3v) is 7.42. The highest BCUT2D eigenvalue weighted by Gasteiger charge is 2.47. The van der Waals surface area contributed by atoms with E-state index in [0.717, 1.165) is 42.7 Å². The van der Waals surface area contributed by atoms with Crippen molar-refractivity contribution in [3.8, 4) is 0 Å². The van der Waals surface area contributed by atoms with E-state index in [1.807, 2.05) is 13.0 Å². The van der Waals surface area contributed by atoms with E-state index in [1.54, 1.807) is 0 Å². The lowest BCUT2D eigenvalue weighted by molar-refractivity contribution is -0.116. The standard InChI is InChI=1S/C21H33NO/c1-14-7-8-16(15(2)22)5-4-6-20-19(14)10-9-17-13-18(23)11-12-21(17,20)3/h13-14,16,19-20,22H,4-12H2,1-3H3/t14?,16-,19?,20+,21+/m1/s1. The molecule has 0 aromatic carbocycles. The first kappa shape index (κ1) is 16.9. The summed E-state index contributed by atoms with van der Waals surface area (Å²) in [6.07, 6.45) is 12.5. The Hall–Kier alpha value is -0.920. The molecule has 1 N–H and O–H groups in total. The molecule has 2 heteroatoms. The predicted molar refractivity (Wildman–Crippen MR) is 95.8 cm³/mol. The largest absolute Gasteiger partial charge is 0.310 e. The maximum Gasteiger partial charge on any atom is 0.155 e. The zero-order chi connectivity index (χ0) is 16.6. The summed E-state index contributed by atoms with van der Waals surface area (Å²) in [5.41, 5.74) is 2.61. The number of rotatable bonds is 1. The van der Waals surface area contributed by atoms with E-state index in [9.17, 15) is 4.79 Å². The quantitative estimate of drug-likeness (QED) is 0.632. The molecule has 3 aliphatic rings. The van der Waals surface area contributed by atoms with Gasteiger partial charge in [-0.05, 0) is 87.0 Å². The summed E-state index contributed by atoms with van der Waals surface area (Å²) >= 11 is 0. The van der Waals surface area contributed by atoms with Crippen LogP contribution in [0.2, 0.25) is 0 Å². The molecule has 0 radical (unpaired) electrons. The van der Waals surface area contributed by atoms with Gasteiger partial charge in [0.1, 0.15) is 0 Å². The molecule has 3 aliphatic carbocycles. The Morgan fingerprint density at radius 3 is 2.70 bits per heavy atom. The fraction of sp³-hybridized carbons (Fsp3) is 0.810. The smallest absolute Gasteiger partial charge is 0.155 e. The number of ketones is 1. The van der Waals surface area contributed by atoms with Crippen molar-refractivity contribution in [3.05, 3.63) is 11.6 Å². The van der Waals surface area contributed by atoms with Crippen LogP contribution in [0, 0.1) is 34.5 Å². The monoisotopic (exact) mass is 315 g/mol. The van der Waals surface area contributed by atoms with Gasteiger partial charge in [0.25, 0.3) is 0 Å². The zero-order valence-electron chi connectivity index (χ0n) is 15.2. The van der Waals surface area contributed by atoms with Gasteiger partial charge in [-0.3, -0.25) is 4.79 Å². The van der Waals surface area contributed by atoms with Gasteiger partial charge in [0.05, 0.1) is 0 Å². The SMILES string of the molecule is CC(=N)[C@@H]1CCC[C@H]2C(CCC3=CC(=O)CC[C@@]32C)C(C)CC1.